The number of hydrogen-bond donors (Lipinski definition) is 0. The van der Waals surface area contributed by atoms with Crippen LogP contribution in [0.1, 0.15) is 12.5 Å². The van der Waals surface area contributed by atoms with Crippen LogP contribution in [-0.2, 0) is 30.3 Å². The summed E-state index contributed by atoms with van der Waals surface area (Å²) in [5.74, 6) is 0. The van der Waals surface area contributed by atoms with Gasteiger partial charge < -0.3 is 23.7 Å². The molecule has 1 aromatic carbocycles. The van der Waals surface area contributed by atoms with Crippen molar-refractivity contribution in [3.63, 3.8) is 0 Å². The summed E-state index contributed by atoms with van der Waals surface area (Å²) in [6, 6.07) is 9.98. The van der Waals surface area contributed by atoms with Crippen LogP contribution in [0.25, 0.3) is 0 Å². The minimum atomic E-state index is -0.563. The van der Waals surface area contributed by atoms with Crippen molar-refractivity contribution in [3.05, 3.63) is 35.9 Å². The molecule has 0 saturated carbocycles. The number of benzene rings is 1. The Morgan fingerprint density at radius 1 is 1.12 bits per heavy atom. The number of rotatable bonds is 6. The average Bonchev–Trinajstić information content (AvgIpc) is 2.61. The Bertz CT molecular complexity index is 513. The number of hydrogen-bond acceptors (Lipinski definition) is 7. The van der Waals surface area contributed by atoms with E-state index in [-0.39, 0.29) is 18.3 Å². The Morgan fingerprint density at radius 3 is 2.42 bits per heavy atom. The number of thioether (sulfide) groups is 1. The van der Waals surface area contributed by atoms with Crippen LogP contribution in [0.5, 0.6) is 0 Å². The second-order valence-electron chi connectivity index (χ2n) is 5.44. The highest BCUT2D eigenvalue weighted by atomic mass is 32.2. The van der Waals surface area contributed by atoms with E-state index in [1.807, 2.05) is 43.5 Å². The van der Waals surface area contributed by atoms with Gasteiger partial charge in [0.15, 0.2) is 12.4 Å². The molecule has 0 radical (unpaired) electrons. The highest BCUT2D eigenvalue weighted by Gasteiger charge is 2.47. The first-order valence-corrected chi connectivity index (χ1v) is 9.35. The molecule has 0 aliphatic carbocycles. The van der Waals surface area contributed by atoms with E-state index in [4.69, 9.17) is 35.9 Å². The second kappa shape index (κ2) is 9.70. The Labute approximate surface area is 152 Å². The van der Waals surface area contributed by atoms with Crippen molar-refractivity contribution in [2.45, 2.75) is 44.2 Å². The Kier molecular flexibility index (Phi) is 7.93. The van der Waals surface area contributed by atoms with E-state index in [0.717, 1.165) is 5.56 Å². The molecule has 0 spiro atoms. The van der Waals surface area contributed by atoms with Crippen molar-refractivity contribution in [2.75, 3.05) is 20.5 Å². The van der Waals surface area contributed by atoms with Crippen molar-refractivity contribution in [1.82, 2.24) is 0 Å². The molecule has 1 saturated heterocycles. The number of thiocarbonyl (C=S) groups is 1. The van der Waals surface area contributed by atoms with E-state index in [0.29, 0.717) is 11.0 Å². The molecule has 5 atom stereocenters. The van der Waals surface area contributed by atoms with Gasteiger partial charge in [-0.1, -0.05) is 42.1 Å². The van der Waals surface area contributed by atoms with Crippen LogP contribution in [0, 0.1) is 0 Å². The van der Waals surface area contributed by atoms with Crippen LogP contribution in [0.15, 0.2) is 30.3 Å². The fraction of sp³-hybridized carbons (Fsp3) is 0.588. The summed E-state index contributed by atoms with van der Waals surface area (Å²) in [7, 11) is 3.21. The van der Waals surface area contributed by atoms with Crippen LogP contribution >= 0.6 is 24.0 Å². The Morgan fingerprint density at radius 2 is 1.83 bits per heavy atom. The summed E-state index contributed by atoms with van der Waals surface area (Å²) in [5.41, 5.74) is 1.09. The van der Waals surface area contributed by atoms with E-state index in [2.05, 4.69) is 0 Å². The maximum atomic E-state index is 6.09. The van der Waals surface area contributed by atoms with Gasteiger partial charge in [-0.05, 0) is 31.0 Å². The van der Waals surface area contributed by atoms with E-state index in [1.54, 1.807) is 14.2 Å². The Hall–Kier alpha value is -0.700. The molecule has 1 aromatic rings. The lowest BCUT2D eigenvalue weighted by atomic mass is 9.99. The summed E-state index contributed by atoms with van der Waals surface area (Å²) in [5, 5.41) is 0. The van der Waals surface area contributed by atoms with E-state index >= 15 is 0 Å². The molecule has 1 aliphatic heterocycles. The average molecular weight is 373 g/mol. The third-order valence-corrected chi connectivity index (χ3v) is 4.94. The summed E-state index contributed by atoms with van der Waals surface area (Å²) in [6.07, 6.45) is -0.0413. The lowest BCUT2D eigenvalue weighted by molar-refractivity contribution is -0.294. The van der Waals surface area contributed by atoms with Crippen molar-refractivity contribution in [2.24, 2.45) is 0 Å². The van der Waals surface area contributed by atoms with Crippen LogP contribution in [-0.4, -0.2) is 55.6 Å². The monoisotopic (exact) mass is 372 g/mol. The first kappa shape index (κ1) is 19.6. The van der Waals surface area contributed by atoms with Crippen molar-refractivity contribution in [1.29, 1.82) is 0 Å². The van der Waals surface area contributed by atoms with Gasteiger partial charge in [-0.25, -0.2) is 0 Å². The predicted molar refractivity (Wildman–Crippen MR) is 98.1 cm³/mol. The molecule has 0 bridgehead atoms. The summed E-state index contributed by atoms with van der Waals surface area (Å²) in [4.78, 5) is 0. The fourth-order valence-corrected chi connectivity index (χ4v) is 3.03. The van der Waals surface area contributed by atoms with Gasteiger partial charge in [0.05, 0.1) is 12.7 Å². The van der Waals surface area contributed by atoms with Crippen LogP contribution in [0.2, 0.25) is 0 Å². The molecule has 1 aliphatic rings. The molecule has 5 nitrogen and oxygen atoms in total. The zero-order chi connectivity index (χ0) is 17.5. The van der Waals surface area contributed by atoms with Gasteiger partial charge in [0.1, 0.15) is 12.2 Å². The van der Waals surface area contributed by atoms with Gasteiger partial charge in [0.25, 0.3) is 0 Å². The molecule has 0 N–H and O–H groups in total. The normalized spacial score (nSPS) is 30.1. The molecule has 1 heterocycles. The topological polar surface area (TPSA) is 46.2 Å². The van der Waals surface area contributed by atoms with Crippen LogP contribution in [0.4, 0.5) is 0 Å². The van der Waals surface area contributed by atoms with Gasteiger partial charge in [-0.3, -0.25) is 0 Å². The standard InChI is InChI=1S/C17H24O5S2/c1-11-13(20-10-12-8-6-5-7-9-12)14(18-2)15(16(19-3)21-11)22-17(23)24-4/h5-9,11,13-16H,10H2,1-4H3/t11-,13-,14+,15+,16+/m1/s1. The molecule has 0 unspecified atom stereocenters. The molecule has 134 valence electrons. The zero-order valence-corrected chi connectivity index (χ0v) is 16.0. The van der Waals surface area contributed by atoms with Crippen molar-refractivity contribution in [3.8, 4) is 0 Å². The van der Waals surface area contributed by atoms with Gasteiger partial charge >= 0.3 is 0 Å². The number of ether oxygens (including phenoxy) is 5. The minimum absolute atomic E-state index is 0.202. The van der Waals surface area contributed by atoms with E-state index in [1.165, 1.54) is 11.8 Å². The smallest absolute Gasteiger partial charge is 0.220 e. The van der Waals surface area contributed by atoms with Gasteiger partial charge in [0, 0.05) is 14.2 Å². The minimum Gasteiger partial charge on any atom is -0.467 e. The molecule has 0 amide bonds. The summed E-state index contributed by atoms with van der Waals surface area (Å²) >= 11 is 6.54. The molecule has 24 heavy (non-hydrogen) atoms. The molecule has 2 rings (SSSR count). The van der Waals surface area contributed by atoms with Crippen LogP contribution < -0.4 is 0 Å². The zero-order valence-electron chi connectivity index (χ0n) is 14.3. The van der Waals surface area contributed by atoms with E-state index in [9.17, 15) is 0 Å². The van der Waals surface area contributed by atoms with Crippen molar-refractivity contribution < 1.29 is 23.7 Å². The van der Waals surface area contributed by atoms with Gasteiger partial charge in [-0.15, -0.1) is 0 Å². The lowest BCUT2D eigenvalue weighted by Crippen LogP contribution is -2.59. The molecule has 0 aromatic heterocycles. The molecule has 7 heteroatoms. The Balaban J connectivity index is 2.11. The van der Waals surface area contributed by atoms with E-state index < -0.39 is 12.4 Å². The third kappa shape index (κ3) is 4.91. The first-order chi connectivity index (χ1) is 11.6. The third-order valence-electron chi connectivity index (χ3n) is 3.92. The largest absolute Gasteiger partial charge is 0.467 e. The first-order valence-electron chi connectivity index (χ1n) is 7.71. The molecular formula is C17H24O5S2. The quantitative estimate of drug-likeness (QED) is 0.711. The van der Waals surface area contributed by atoms with Gasteiger partial charge in [0.2, 0.25) is 4.38 Å². The molecule has 1 fully saturated rings. The highest BCUT2D eigenvalue weighted by Crippen LogP contribution is 2.29. The van der Waals surface area contributed by atoms with Gasteiger partial charge in [-0.2, -0.15) is 0 Å². The lowest BCUT2D eigenvalue weighted by Gasteiger charge is -2.43. The maximum absolute atomic E-state index is 6.09. The molecular weight excluding hydrogens is 348 g/mol. The maximum Gasteiger partial charge on any atom is 0.220 e. The fourth-order valence-electron chi connectivity index (χ4n) is 2.71. The van der Waals surface area contributed by atoms with Crippen LogP contribution in [0.3, 0.4) is 0 Å². The predicted octanol–water partition coefficient (Wildman–Crippen LogP) is 3.01. The SMILES string of the molecule is CO[C@H]1O[C@H](C)[C@@H](OCc2ccccc2)[C@H](OC)[C@@H]1OC(=S)SC. The number of methoxy groups -OCH3 is 2. The summed E-state index contributed by atoms with van der Waals surface area (Å²) in [6.45, 7) is 2.41. The summed E-state index contributed by atoms with van der Waals surface area (Å²) < 4.78 is 29.3. The van der Waals surface area contributed by atoms with Crippen molar-refractivity contribution >= 4 is 28.4 Å². The second-order valence-corrected chi connectivity index (χ2v) is 6.85. The highest BCUT2D eigenvalue weighted by molar-refractivity contribution is 8.22.